The van der Waals surface area contributed by atoms with Crippen LogP contribution in [0.15, 0.2) is 61.6 Å². The largest absolute Gasteiger partial charge is 0.465 e. The van der Waals surface area contributed by atoms with Crippen LogP contribution in [0.3, 0.4) is 0 Å². The highest BCUT2D eigenvalue weighted by atomic mass is 32.3. The van der Waals surface area contributed by atoms with Crippen LogP contribution >= 0.6 is 22.7 Å². The molecule has 1 aromatic carbocycles. The van der Waals surface area contributed by atoms with Gasteiger partial charge in [-0.15, -0.1) is 22.7 Å². The van der Waals surface area contributed by atoms with Gasteiger partial charge in [0, 0.05) is 16.8 Å². The highest BCUT2D eigenvalue weighted by Gasteiger charge is 2.29. The number of sulfonamides is 1. The number of hydrogen-bond donors (Lipinski definition) is 1. The fourth-order valence-corrected chi connectivity index (χ4v) is 7.91. The molecule has 0 saturated heterocycles. The van der Waals surface area contributed by atoms with Gasteiger partial charge >= 0.3 is 5.97 Å². The number of nitrogens with one attached hydrogen (secondary N) is 1. The molecule has 1 N–H and O–H groups in total. The third-order valence-electron chi connectivity index (χ3n) is 4.54. The third-order valence-corrected chi connectivity index (χ3v) is 10.5. The first-order valence-electron chi connectivity index (χ1n) is 8.75. The molecule has 0 bridgehead atoms. The second kappa shape index (κ2) is 7.79. The number of rotatable bonds is 6. The smallest absolute Gasteiger partial charge is 0.340 e. The van der Waals surface area contributed by atoms with E-state index in [1.165, 1.54) is 44.4 Å². The molecule has 4 aromatic rings. The van der Waals surface area contributed by atoms with Gasteiger partial charge in [0.2, 0.25) is 0 Å². The Kier molecular flexibility index (Phi) is 5.41. The van der Waals surface area contributed by atoms with Gasteiger partial charge in [-0.25, -0.2) is 17.2 Å². The van der Waals surface area contributed by atoms with Crippen molar-refractivity contribution in [3.63, 3.8) is 0 Å². The van der Waals surface area contributed by atoms with E-state index < -0.39 is 26.0 Å². The zero-order valence-corrected chi connectivity index (χ0v) is 19.5. The Morgan fingerprint density at radius 1 is 1.00 bits per heavy atom. The molecule has 0 saturated carbocycles. The third kappa shape index (κ3) is 3.65. The molecule has 0 unspecified atom stereocenters. The van der Waals surface area contributed by atoms with E-state index in [0.29, 0.717) is 0 Å². The van der Waals surface area contributed by atoms with E-state index in [0.717, 1.165) is 26.6 Å². The van der Waals surface area contributed by atoms with Crippen molar-refractivity contribution in [2.45, 2.75) is 15.3 Å². The van der Waals surface area contributed by atoms with Gasteiger partial charge in [0.1, 0.15) is 8.42 Å². The average molecular weight is 497 g/mol. The molecule has 0 atom stereocenters. The summed E-state index contributed by atoms with van der Waals surface area (Å²) in [5, 5.41) is 3.55. The fourth-order valence-electron chi connectivity index (χ4n) is 3.25. The molecule has 31 heavy (non-hydrogen) atoms. The lowest BCUT2D eigenvalue weighted by Gasteiger charge is -2.09. The SMILES string of the molecule is COC(=O)c1c(C)n(S(=O)(=O)c2cccs2)c2ccc(NS(=O)(=O)c3cccs3)cc12. The number of benzene rings is 1. The minimum atomic E-state index is -3.97. The quantitative estimate of drug-likeness (QED) is 0.405. The summed E-state index contributed by atoms with van der Waals surface area (Å²) in [4.78, 5) is 12.5. The van der Waals surface area contributed by atoms with Crippen LogP contribution in [0, 0.1) is 6.92 Å². The molecule has 162 valence electrons. The average Bonchev–Trinajstić information content (AvgIpc) is 3.46. The number of ether oxygens (including phenoxy) is 1. The van der Waals surface area contributed by atoms with E-state index in [9.17, 15) is 21.6 Å². The number of aromatic nitrogens is 1. The van der Waals surface area contributed by atoms with Crippen LogP contribution in [0.4, 0.5) is 5.69 Å². The van der Waals surface area contributed by atoms with Crippen LogP contribution in [0.2, 0.25) is 0 Å². The Morgan fingerprint density at radius 3 is 2.23 bits per heavy atom. The number of nitrogens with zero attached hydrogens (tertiary/aromatic N) is 1. The van der Waals surface area contributed by atoms with Gasteiger partial charge < -0.3 is 4.74 Å². The van der Waals surface area contributed by atoms with Crippen molar-refractivity contribution in [3.8, 4) is 0 Å². The summed E-state index contributed by atoms with van der Waals surface area (Å²) in [6.07, 6.45) is 0. The van der Waals surface area contributed by atoms with Crippen molar-refractivity contribution >= 4 is 65.3 Å². The normalized spacial score (nSPS) is 12.2. The minimum Gasteiger partial charge on any atom is -0.465 e. The lowest BCUT2D eigenvalue weighted by atomic mass is 10.1. The van der Waals surface area contributed by atoms with E-state index in [2.05, 4.69) is 4.72 Å². The van der Waals surface area contributed by atoms with E-state index in [1.54, 1.807) is 22.9 Å². The van der Waals surface area contributed by atoms with Crippen LogP contribution in [0.25, 0.3) is 10.9 Å². The van der Waals surface area contributed by atoms with Crippen LogP contribution in [0.5, 0.6) is 0 Å². The molecule has 0 aliphatic heterocycles. The molecule has 3 heterocycles. The number of anilines is 1. The number of fused-ring (bicyclic) bond motifs is 1. The van der Waals surface area contributed by atoms with Gasteiger partial charge in [0.25, 0.3) is 20.0 Å². The number of carbonyl (C=O) groups is 1. The van der Waals surface area contributed by atoms with E-state index in [4.69, 9.17) is 4.74 Å². The zero-order chi connectivity index (χ0) is 22.4. The van der Waals surface area contributed by atoms with Crippen LogP contribution in [-0.2, 0) is 24.8 Å². The maximum Gasteiger partial charge on any atom is 0.340 e. The van der Waals surface area contributed by atoms with Gasteiger partial charge in [-0.1, -0.05) is 12.1 Å². The van der Waals surface area contributed by atoms with Crippen molar-refractivity contribution in [1.82, 2.24) is 3.97 Å². The Labute approximate surface area is 186 Å². The van der Waals surface area contributed by atoms with Gasteiger partial charge in [0.15, 0.2) is 0 Å². The molecule has 0 amide bonds. The zero-order valence-electron chi connectivity index (χ0n) is 16.2. The Morgan fingerprint density at radius 2 is 1.65 bits per heavy atom. The lowest BCUT2D eigenvalue weighted by Crippen LogP contribution is -2.14. The van der Waals surface area contributed by atoms with Crippen LogP contribution < -0.4 is 4.72 Å². The lowest BCUT2D eigenvalue weighted by molar-refractivity contribution is 0.0602. The summed E-state index contributed by atoms with van der Waals surface area (Å²) in [5.74, 6) is -0.721. The van der Waals surface area contributed by atoms with Crippen molar-refractivity contribution in [3.05, 3.63) is 64.5 Å². The highest BCUT2D eigenvalue weighted by Crippen LogP contribution is 2.34. The first kappa shape index (κ1) is 21.6. The van der Waals surface area contributed by atoms with E-state index >= 15 is 0 Å². The van der Waals surface area contributed by atoms with Crippen LogP contribution in [-0.4, -0.2) is 33.9 Å². The summed E-state index contributed by atoms with van der Waals surface area (Å²) in [6.45, 7) is 1.51. The van der Waals surface area contributed by atoms with E-state index in [-0.39, 0.29) is 36.3 Å². The minimum absolute atomic E-state index is 0.0507. The van der Waals surface area contributed by atoms with Gasteiger partial charge in [-0.3, -0.25) is 4.72 Å². The molecule has 0 aliphatic rings. The summed E-state index contributed by atoms with van der Waals surface area (Å²) in [7, 11) is -6.59. The van der Waals surface area contributed by atoms with Crippen molar-refractivity contribution < 1.29 is 26.4 Å². The second-order valence-corrected chi connectivity index (χ2v) is 12.2. The Balaban J connectivity index is 1.93. The summed E-state index contributed by atoms with van der Waals surface area (Å²) in [5.41, 5.74) is 0.658. The monoisotopic (exact) mass is 496 g/mol. The van der Waals surface area contributed by atoms with Crippen molar-refractivity contribution in [1.29, 1.82) is 0 Å². The first-order valence-corrected chi connectivity index (χ1v) is 13.4. The maximum atomic E-state index is 13.2. The van der Waals surface area contributed by atoms with Gasteiger partial charge in [-0.2, -0.15) is 8.42 Å². The molecule has 0 radical (unpaired) electrons. The van der Waals surface area contributed by atoms with Crippen molar-refractivity contribution in [2.24, 2.45) is 0 Å². The first-order chi connectivity index (χ1) is 14.7. The number of thiophene rings is 2. The molecule has 8 nitrogen and oxygen atoms in total. The topological polar surface area (TPSA) is 112 Å². The molecule has 0 aliphatic carbocycles. The van der Waals surface area contributed by atoms with Crippen LogP contribution in [0.1, 0.15) is 16.1 Å². The Hall–Kier alpha value is -2.67. The fraction of sp³-hybridized carbons (Fsp3) is 0.105. The molecule has 12 heteroatoms. The molecule has 0 spiro atoms. The predicted molar refractivity (Wildman–Crippen MR) is 120 cm³/mol. The summed E-state index contributed by atoms with van der Waals surface area (Å²) >= 11 is 2.13. The predicted octanol–water partition coefficient (Wildman–Crippen LogP) is 3.90. The number of methoxy groups -OCH3 is 1. The second-order valence-electron chi connectivity index (χ2n) is 6.42. The Bertz CT molecular complexity index is 1480. The molecular formula is C19H16N2O6S4. The van der Waals surface area contributed by atoms with Crippen molar-refractivity contribution in [2.75, 3.05) is 11.8 Å². The summed E-state index contributed by atoms with van der Waals surface area (Å²) < 4.78 is 60.3. The van der Waals surface area contributed by atoms with Gasteiger partial charge in [-0.05, 0) is 48.0 Å². The molecule has 3 aromatic heterocycles. The summed E-state index contributed by atoms with van der Waals surface area (Å²) in [6, 6.07) is 10.5. The van der Waals surface area contributed by atoms with E-state index in [1.807, 2.05) is 0 Å². The number of hydrogen-bond acceptors (Lipinski definition) is 8. The standard InChI is InChI=1S/C19H16N2O6S4/c1-12-18(19(22)27-2)14-11-13(20-30(23,24)16-5-3-9-28-16)7-8-15(14)21(12)31(25,26)17-6-4-10-29-17/h3-11,20H,1-2H3. The number of esters is 1. The highest BCUT2D eigenvalue weighted by molar-refractivity contribution is 7.94. The molecule has 0 fully saturated rings. The molecule has 4 rings (SSSR count). The molecular weight excluding hydrogens is 480 g/mol. The number of carbonyl (C=O) groups excluding carboxylic acids is 1. The maximum absolute atomic E-state index is 13.2. The van der Waals surface area contributed by atoms with Gasteiger partial charge in [0.05, 0.1) is 18.2 Å².